The number of halogens is 1. The number of nitrogens with one attached hydrogen (secondary N) is 1. The van der Waals surface area contributed by atoms with Crippen LogP contribution in [0.3, 0.4) is 0 Å². The van der Waals surface area contributed by atoms with Crippen molar-refractivity contribution in [2.75, 3.05) is 0 Å². The van der Waals surface area contributed by atoms with Crippen LogP contribution in [0, 0.1) is 0 Å². The van der Waals surface area contributed by atoms with Crippen LogP contribution in [0.5, 0.6) is 0 Å². The maximum absolute atomic E-state index is 10.9. The number of hydrogen-bond donors (Lipinski definition) is 3. The highest BCUT2D eigenvalue weighted by Crippen LogP contribution is 2.34. The summed E-state index contributed by atoms with van der Waals surface area (Å²) >= 11 is 8.01. The van der Waals surface area contributed by atoms with Gasteiger partial charge in [-0.1, -0.05) is 35.9 Å². The number of aliphatic hydroxyl groups excluding tert-OH is 1. The molecule has 0 aliphatic heterocycles. The Labute approximate surface area is 170 Å². The maximum Gasteiger partial charge on any atom is 0.303 e. The van der Waals surface area contributed by atoms with Crippen LogP contribution in [0.4, 0.5) is 0 Å². The van der Waals surface area contributed by atoms with Crippen molar-refractivity contribution in [3.63, 3.8) is 0 Å². The lowest BCUT2D eigenvalue weighted by Gasteiger charge is -2.07. The zero-order valence-electron chi connectivity index (χ0n) is 14.8. The van der Waals surface area contributed by atoms with Gasteiger partial charge in [-0.05, 0) is 40.3 Å². The number of carboxylic acids is 1. The normalized spacial score (nSPS) is 11.2. The molecule has 0 aliphatic rings. The minimum Gasteiger partial charge on any atom is -0.481 e. The lowest BCUT2D eigenvalue weighted by atomic mass is 9.99. The third kappa shape index (κ3) is 3.67. The van der Waals surface area contributed by atoms with Crippen LogP contribution < -0.4 is 0 Å². The number of aromatic amines is 1. The largest absolute Gasteiger partial charge is 0.481 e. The smallest absolute Gasteiger partial charge is 0.303 e. The number of carbonyl (C=O) groups is 1. The molecule has 2 aromatic heterocycles. The van der Waals surface area contributed by atoms with E-state index in [0.29, 0.717) is 11.4 Å². The molecule has 0 spiro atoms. The molecule has 0 bridgehead atoms. The summed E-state index contributed by atoms with van der Waals surface area (Å²) in [5, 5.41) is 28.8. The molecule has 0 fully saturated rings. The molecular formula is C21H17ClN2O3S. The summed E-state index contributed by atoms with van der Waals surface area (Å²) < 4.78 is 0. The number of hydrogen-bond acceptors (Lipinski definition) is 4. The molecule has 0 saturated heterocycles. The lowest BCUT2D eigenvalue weighted by molar-refractivity contribution is -0.136. The van der Waals surface area contributed by atoms with Crippen molar-refractivity contribution in [1.82, 2.24) is 10.2 Å². The Morgan fingerprint density at radius 3 is 2.54 bits per heavy atom. The number of aliphatic carboxylic acids is 1. The second-order valence-electron chi connectivity index (χ2n) is 6.48. The van der Waals surface area contributed by atoms with Crippen LogP contribution in [0.25, 0.3) is 33.2 Å². The van der Waals surface area contributed by atoms with Gasteiger partial charge in [-0.15, -0.1) is 11.3 Å². The Kier molecular flexibility index (Phi) is 5.17. The van der Waals surface area contributed by atoms with Gasteiger partial charge in [0.15, 0.2) is 0 Å². The fourth-order valence-corrected chi connectivity index (χ4v) is 4.20. The predicted molar refractivity (Wildman–Crippen MR) is 112 cm³/mol. The van der Waals surface area contributed by atoms with Gasteiger partial charge in [0.2, 0.25) is 0 Å². The molecule has 0 atom stereocenters. The highest BCUT2D eigenvalue weighted by molar-refractivity contribution is 7.10. The second-order valence-corrected chi connectivity index (χ2v) is 7.89. The van der Waals surface area contributed by atoms with Crippen LogP contribution in [-0.2, 0) is 17.8 Å². The first-order valence-electron chi connectivity index (χ1n) is 8.72. The van der Waals surface area contributed by atoms with E-state index in [1.165, 1.54) is 11.3 Å². The van der Waals surface area contributed by atoms with Crippen molar-refractivity contribution < 1.29 is 15.0 Å². The van der Waals surface area contributed by atoms with Crippen molar-refractivity contribution >= 4 is 39.8 Å². The van der Waals surface area contributed by atoms with Crippen LogP contribution in [-0.4, -0.2) is 26.4 Å². The van der Waals surface area contributed by atoms with Crippen molar-refractivity contribution in [2.45, 2.75) is 19.4 Å². The molecule has 2 heterocycles. The van der Waals surface area contributed by atoms with Gasteiger partial charge in [0.1, 0.15) is 0 Å². The zero-order valence-corrected chi connectivity index (χ0v) is 16.3. The fourth-order valence-electron chi connectivity index (χ4n) is 3.19. The topological polar surface area (TPSA) is 86.2 Å². The Balaban J connectivity index is 1.68. The Hall–Kier alpha value is -2.67. The molecule has 2 aromatic carbocycles. The first-order chi connectivity index (χ1) is 13.5. The number of aliphatic hydroxyl groups is 1. The second kappa shape index (κ2) is 7.75. The number of fused-ring (bicyclic) bond motifs is 1. The van der Waals surface area contributed by atoms with Crippen molar-refractivity contribution in [3.05, 3.63) is 63.4 Å². The number of carboxylic acid groups (broad SMARTS) is 1. The average Bonchev–Trinajstić information content (AvgIpc) is 3.32. The van der Waals surface area contributed by atoms with Crippen molar-refractivity contribution in [3.8, 4) is 22.3 Å². The SMILES string of the molecule is O=C(O)CCc1[nH]nc2cc(Cl)c(-c3ccc(-c4csc(CO)c4)cc3)cc12. The Bertz CT molecular complexity index is 1150. The van der Waals surface area contributed by atoms with Gasteiger partial charge >= 0.3 is 5.97 Å². The fraction of sp³-hybridized carbons (Fsp3) is 0.143. The van der Waals surface area contributed by atoms with E-state index in [-0.39, 0.29) is 13.0 Å². The predicted octanol–water partition coefficient (Wildman–Crippen LogP) is 5.12. The molecule has 142 valence electrons. The molecular weight excluding hydrogens is 396 g/mol. The molecule has 0 saturated carbocycles. The van der Waals surface area contributed by atoms with Crippen LogP contribution in [0.2, 0.25) is 5.02 Å². The molecule has 0 amide bonds. The minimum atomic E-state index is -0.842. The summed E-state index contributed by atoms with van der Waals surface area (Å²) in [6.45, 7) is 0.0489. The zero-order chi connectivity index (χ0) is 19.7. The highest BCUT2D eigenvalue weighted by atomic mass is 35.5. The van der Waals surface area contributed by atoms with Gasteiger partial charge < -0.3 is 10.2 Å². The molecule has 5 nitrogen and oxygen atoms in total. The molecule has 0 aliphatic carbocycles. The number of aromatic nitrogens is 2. The van der Waals surface area contributed by atoms with E-state index in [9.17, 15) is 9.90 Å². The standard InChI is InChI=1S/C21H17ClN2O3S/c22-18-9-20-17(19(23-24-20)5-6-21(26)27)8-16(18)13-3-1-12(2-4-13)14-7-15(10-25)28-11-14/h1-4,7-9,11,25H,5-6,10H2,(H,23,24)(H,26,27). The quantitative estimate of drug-likeness (QED) is 0.410. The third-order valence-corrected chi connectivity index (χ3v) is 5.88. The van der Waals surface area contributed by atoms with Crippen LogP contribution in [0.1, 0.15) is 17.0 Å². The van der Waals surface area contributed by atoms with E-state index in [1.54, 1.807) is 6.07 Å². The minimum absolute atomic E-state index is 0.0421. The van der Waals surface area contributed by atoms with E-state index in [2.05, 4.69) is 10.2 Å². The Morgan fingerprint density at radius 2 is 1.86 bits per heavy atom. The van der Waals surface area contributed by atoms with Crippen molar-refractivity contribution in [1.29, 1.82) is 0 Å². The summed E-state index contributed by atoms with van der Waals surface area (Å²) in [5.74, 6) is -0.842. The van der Waals surface area contributed by atoms with Crippen molar-refractivity contribution in [2.24, 2.45) is 0 Å². The first kappa shape index (κ1) is 18.7. The lowest BCUT2D eigenvalue weighted by Crippen LogP contribution is -1.98. The molecule has 0 unspecified atom stereocenters. The van der Waals surface area contributed by atoms with Gasteiger partial charge in [-0.2, -0.15) is 5.10 Å². The molecule has 0 radical (unpaired) electrons. The molecule has 7 heteroatoms. The number of nitrogens with zero attached hydrogens (tertiary/aromatic N) is 1. The Morgan fingerprint density at radius 1 is 1.11 bits per heavy atom. The summed E-state index contributed by atoms with van der Waals surface area (Å²) in [4.78, 5) is 11.8. The van der Waals surface area contributed by atoms with Crippen LogP contribution >= 0.6 is 22.9 Å². The van der Waals surface area contributed by atoms with Gasteiger partial charge in [-0.25, -0.2) is 0 Å². The number of thiophene rings is 1. The monoisotopic (exact) mass is 412 g/mol. The number of benzene rings is 2. The van der Waals surface area contributed by atoms with E-state index >= 15 is 0 Å². The van der Waals surface area contributed by atoms with Gasteiger partial charge in [0.05, 0.1) is 23.6 Å². The van der Waals surface area contributed by atoms with E-state index in [1.807, 2.05) is 41.8 Å². The summed E-state index contributed by atoms with van der Waals surface area (Å²) in [6, 6.07) is 13.8. The van der Waals surface area contributed by atoms with Crippen LogP contribution in [0.15, 0.2) is 47.8 Å². The van der Waals surface area contributed by atoms with E-state index in [4.69, 9.17) is 16.7 Å². The molecule has 4 rings (SSSR count). The van der Waals surface area contributed by atoms with Gasteiger partial charge in [0, 0.05) is 27.9 Å². The summed E-state index contributed by atoms with van der Waals surface area (Å²) in [7, 11) is 0. The number of rotatable bonds is 6. The highest BCUT2D eigenvalue weighted by Gasteiger charge is 2.13. The summed E-state index contributed by atoms with van der Waals surface area (Å²) in [6.07, 6.45) is 0.428. The third-order valence-electron chi connectivity index (χ3n) is 4.65. The number of aryl methyl sites for hydroxylation is 1. The molecule has 3 N–H and O–H groups in total. The number of H-pyrrole nitrogens is 1. The summed E-state index contributed by atoms with van der Waals surface area (Å²) in [5.41, 5.74) is 5.51. The van der Waals surface area contributed by atoms with Gasteiger partial charge in [0.25, 0.3) is 0 Å². The average molecular weight is 413 g/mol. The molecule has 28 heavy (non-hydrogen) atoms. The molecule has 4 aromatic rings. The first-order valence-corrected chi connectivity index (χ1v) is 9.98. The maximum atomic E-state index is 10.9. The van der Waals surface area contributed by atoms with Gasteiger partial charge in [-0.3, -0.25) is 9.89 Å². The van der Waals surface area contributed by atoms with E-state index < -0.39 is 5.97 Å². The van der Waals surface area contributed by atoms with E-state index in [0.717, 1.165) is 43.7 Å².